The number of nitrogens with zero attached hydrogens (tertiary/aromatic N) is 2. The Morgan fingerprint density at radius 2 is 2.11 bits per heavy atom. The number of aliphatic carboxylic acids is 1. The molecule has 0 saturated heterocycles. The number of hydrogen-bond donors (Lipinski definition) is 2. The Morgan fingerprint density at radius 1 is 1.39 bits per heavy atom. The molecule has 94 valence electrons. The number of rotatable bonds is 4. The van der Waals surface area contributed by atoms with Gasteiger partial charge in [-0.1, -0.05) is 18.2 Å². The van der Waals surface area contributed by atoms with Gasteiger partial charge in [0.25, 0.3) is 5.91 Å². The van der Waals surface area contributed by atoms with Crippen LogP contribution < -0.4 is 5.32 Å². The Morgan fingerprint density at radius 3 is 2.83 bits per heavy atom. The van der Waals surface area contributed by atoms with Gasteiger partial charge in [0.15, 0.2) is 5.69 Å². The van der Waals surface area contributed by atoms with Gasteiger partial charge in [-0.3, -0.25) is 14.3 Å². The molecule has 0 fully saturated rings. The average Bonchev–Trinajstić information content (AvgIpc) is 2.67. The third-order valence-electron chi connectivity index (χ3n) is 2.60. The van der Waals surface area contributed by atoms with Gasteiger partial charge in [-0.25, -0.2) is 0 Å². The first-order valence-electron chi connectivity index (χ1n) is 5.51. The van der Waals surface area contributed by atoms with Crippen LogP contribution in [0, 0.1) is 0 Å². The minimum Gasteiger partial charge on any atom is -0.481 e. The number of carbonyl (C=O) groups is 2. The molecule has 2 rings (SSSR count). The quantitative estimate of drug-likeness (QED) is 0.836. The van der Waals surface area contributed by atoms with Gasteiger partial charge in [0.2, 0.25) is 0 Å². The standard InChI is InChI=1S/C12H13N3O3/c1-15-9-5-3-2-4-8(9)11(14-15)12(18)13-7-6-10(16)17/h2-5H,6-7H2,1H3,(H,13,18)(H,16,17). The van der Waals surface area contributed by atoms with Gasteiger partial charge in [0.1, 0.15) is 0 Å². The maximum Gasteiger partial charge on any atom is 0.305 e. The summed E-state index contributed by atoms with van der Waals surface area (Å²) in [7, 11) is 1.76. The predicted octanol–water partition coefficient (Wildman–Crippen LogP) is 0.778. The molecule has 0 unspecified atom stereocenters. The summed E-state index contributed by atoms with van der Waals surface area (Å²) in [6.45, 7) is 0.0963. The Balaban J connectivity index is 2.20. The van der Waals surface area contributed by atoms with Crippen LogP contribution >= 0.6 is 0 Å². The van der Waals surface area contributed by atoms with E-state index in [1.807, 2.05) is 24.3 Å². The molecule has 1 aromatic heterocycles. The van der Waals surface area contributed by atoms with E-state index in [9.17, 15) is 9.59 Å². The highest BCUT2D eigenvalue weighted by molar-refractivity contribution is 6.04. The average molecular weight is 247 g/mol. The van der Waals surface area contributed by atoms with Gasteiger partial charge in [0, 0.05) is 19.0 Å². The highest BCUT2D eigenvalue weighted by atomic mass is 16.4. The lowest BCUT2D eigenvalue weighted by Crippen LogP contribution is -2.26. The largest absolute Gasteiger partial charge is 0.481 e. The third kappa shape index (κ3) is 2.32. The van der Waals surface area contributed by atoms with Crippen LogP contribution in [0.5, 0.6) is 0 Å². The summed E-state index contributed by atoms with van der Waals surface area (Å²) in [5, 5.41) is 15.9. The first-order chi connectivity index (χ1) is 8.59. The van der Waals surface area contributed by atoms with Crippen molar-refractivity contribution < 1.29 is 14.7 Å². The molecule has 0 bridgehead atoms. The van der Waals surface area contributed by atoms with Crippen molar-refractivity contribution in [1.29, 1.82) is 0 Å². The van der Waals surface area contributed by atoms with E-state index in [4.69, 9.17) is 5.11 Å². The summed E-state index contributed by atoms with van der Waals surface area (Å²) in [6, 6.07) is 7.39. The maximum atomic E-state index is 11.9. The van der Waals surface area contributed by atoms with Crippen LogP contribution in [0.3, 0.4) is 0 Å². The molecule has 0 saturated carbocycles. The molecule has 0 aliphatic rings. The second kappa shape index (κ2) is 4.87. The van der Waals surface area contributed by atoms with Crippen molar-refractivity contribution >= 4 is 22.8 Å². The van der Waals surface area contributed by atoms with Gasteiger partial charge in [0.05, 0.1) is 11.9 Å². The van der Waals surface area contributed by atoms with Crippen molar-refractivity contribution in [2.45, 2.75) is 6.42 Å². The number of nitrogens with one attached hydrogen (secondary N) is 1. The van der Waals surface area contributed by atoms with Crippen LogP contribution in [-0.4, -0.2) is 33.3 Å². The number of carbonyl (C=O) groups excluding carboxylic acids is 1. The Kier molecular flexibility index (Phi) is 3.27. The van der Waals surface area contributed by atoms with E-state index in [0.29, 0.717) is 5.69 Å². The van der Waals surface area contributed by atoms with Crippen LogP contribution in [0.1, 0.15) is 16.9 Å². The highest BCUT2D eigenvalue weighted by Crippen LogP contribution is 2.16. The molecule has 6 nitrogen and oxygen atoms in total. The number of fused-ring (bicyclic) bond motifs is 1. The lowest BCUT2D eigenvalue weighted by atomic mass is 10.2. The van der Waals surface area contributed by atoms with Crippen LogP contribution in [0.2, 0.25) is 0 Å². The molecule has 1 heterocycles. The van der Waals surface area contributed by atoms with Crippen molar-refractivity contribution in [2.75, 3.05) is 6.54 Å². The fourth-order valence-corrected chi connectivity index (χ4v) is 1.75. The molecule has 2 N–H and O–H groups in total. The summed E-state index contributed by atoms with van der Waals surface area (Å²) in [5.41, 5.74) is 1.18. The van der Waals surface area contributed by atoms with Gasteiger partial charge >= 0.3 is 5.97 Å². The molecule has 0 aliphatic carbocycles. The van der Waals surface area contributed by atoms with Gasteiger partial charge in [-0.2, -0.15) is 5.10 Å². The van der Waals surface area contributed by atoms with E-state index >= 15 is 0 Å². The lowest BCUT2D eigenvalue weighted by molar-refractivity contribution is -0.136. The second-order valence-electron chi connectivity index (χ2n) is 3.89. The van der Waals surface area contributed by atoms with E-state index < -0.39 is 5.97 Å². The number of aryl methyl sites for hydroxylation is 1. The molecular weight excluding hydrogens is 234 g/mol. The van der Waals surface area contributed by atoms with E-state index in [-0.39, 0.29) is 18.9 Å². The van der Waals surface area contributed by atoms with Crippen LogP contribution in [0.25, 0.3) is 10.9 Å². The molecule has 1 amide bonds. The number of aromatic nitrogens is 2. The van der Waals surface area contributed by atoms with Gasteiger partial charge in [-0.05, 0) is 6.07 Å². The van der Waals surface area contributed by atoms with Gasteiger partial charge in [-0.15, -0.1) is 0 Å². The fourth-order valence-electron chi connectivity index (χ4n) is 1.75. The van der Waals surface area contributed by atoms with E-state index in [0.717, 1.165) is 10.9 Å². The molecule has 6 heteroatoms. The Bertz CT molecular complexity index is 604. The van der Waals surface area contributed by atoms with Crippen molar-refractivity contribution in [3.8, 4) is 0 Å². The number of hydrogen-bond acceptors (Lipinski definition) is 3. The van der Waals surface area contributed by atoms with Gasteiger partial charge < -0.3 is 10.4 Å². The van der Waals surface area contributed by atoms with E-state index in [1.54, 1.807) is 11.7 Å². The number of carboxylic acid groups (broad SMARTS) is 1. The normalized spacial score (nSPS) is 10.5. The lowest BCUT2D eigenvalue weighted by Gasteiger charge is -2.00. The topological polar surface area (TPSA) is 84.2 Å². The summed E-state index contributed by atoms with van der Waals surface area (Å²) < 4.78 is 1.63. The first-order valence-corrected chi connectivity index (χ1v) is 5.51. The Labute approximate surface area is 103 Å². The van der Waals surface area contributed by atoms with Crippen LogP contribution in [-0.2, 0) is 11.8 Å². The van der Waals surface area contributed by atoms with Crippen molar-refractivity contribution in [2.24, 2.45) is 7.05 Å². The molecule has 1 aromatic carbocycles. The number of amides is 1. The molecule has 0 aliphatic heterocycles. The fraction of sp³-hybridized carbons (Fsp3) is 0.250. The predicted molar refractivity (Wildman–Crippen MR) is 65.3 cm³/mol. The number of benzene rings is 1. The highest BCUT2D eigenvalue weighted by Gasteiger charge is 2.15. The van der Waals surface area contributed by atoms with Crippen molar-refractivity contribution in [3.05, 3.63) is 30.0 Å². The first kappa shape index (κ1) is 12.1. The van der Waals surface area contributed by atoms with Crippen LogP contribution in [0.15, 0.2) is 24.3 Å². The summed E-state index contributed by atoms with van der Waals surface area (Å²) in [4.78, 5) is 22.2. The van der Waals surface area contributed by atoms with Crippen LogP contribution in [0.4, 0.5) is 0 Å². The zero-order chi connectivity index (χ0) is 13.1. The third-order valence-corrected chi connectivity index (χ3v) is 2.60. The van der Waals surface area contributed by atoms with Crippen molar-refractivity contribution in [3.63, 3.8) is 0 Å². The monoisotopic (exact) mass is 247 g/mol. The summed E-state index contributed by atoms with van der Waals surface area (Å²) >= 11 is 0. The molecule has 0 radical (unpaired) electrons. The summed E-state index contributed by atoms with van der Waals surface area (Å²) in [5.74, 6) is -1.30. The smallest absolute Gasteiger partial charge is 0.305 e. The molecule has 2 aromatic rings. The van der Waals surface area contributed by atoms with E-state index in [1.165, 1.54) is 0 Å². The molecular formula is C12H13N3O3. The minimum atomic E-state index is -0.943. The zero-order valence-corrected chi connectivity index (χ0v) is 9.88. The maximum absolute atomic E-state index is 11.9. The van der Waals surface area contributed by atoms with E-state index in [2.05, 4.69) is 10.4 Å². The molecule has 0 spiro atoms. The SMILES string of the molecule is Cn1nc(C(=O)NCCC(=O)O)c2ccccc21. The number of carboxylic acids is 1. The minimum absolute atomic E-state index is 0.0963. The Hall–Kier alpha value is -2.37. The molecule has 0 atom stereocenters. The summed E-state index contributed by atoms with van der Waals surface area (Å²) in [6.07, 6.45) is -0.101. The second-order valence-corrected chi connectivity index (χ2v) is 3.89. The molecule has 18 heavy (non-hydrogen) atoms. The van der Waals surface area contributed by atoms with Crippen molar-refractivity contribution in [1.82, 2.24) is 15.1 Å². The zero-order valence-electron chi connectivity index (χ0n) is 9.88. The number of para-hydroxylation sites is 1.